The standard InChI is InChI=1S/C13H17F3N2O2/c1-8(2)7-9(17)12(19)18-10-5-3-4-6-11(10)20-13(14,15)16/h3-6,8-9H,7,17H2,1-2H3,(H,18,19). The van der Waals surface area contributed by atoms with Gasteiger partial charge >= 0.3 is 6.36 Å². The summed E-state index contributed by atoms with van der Waals surface area (Å²) in [5, 5.41) is 2.35. The molecule has 0 fully saturated rings. The molecule has 0 saturated heterocycles. The minimum absolute atomic E-state index is 0.0611. The van der Waals surface area contributed by atoms with E-state index < -0.39 is 24.1 Å². The van der Waals surface area contributed by atoms with E-state index in [0.29, 0.717) is 6.42 Å². The number of alkyl halides is 3. The van der Waals surface area contributed by atoms with E-state index >= 15 is 0 Å². The molecule has 0 aliphatic rings. The molecule has 0 heterocycles. The lowest BCUT2D eigenvalue weighted by molar-refractivity contribution is -0.274. The molecule has 0 saturated carbocycles. The predicted octanol–water partition coefficient (Wildman–Crippen LogP) is 2.90. The zero-order valence-electron chi connectivity index (χ0n) is 11.2. The molecule has 0 spiro atoms. The first-order valence-electron chi connectivity index (χ1n) is 6.10. The Kier molecular flexibility index (Phi) is 5.38. The Balaban J connectivity index is 2.79. The number of ether oxygens (including phenoxy) is 1. The second-order valence-electron chi connectivity index (χ2n) is 4.77. The fraction of sp³-hybridized carbons (Fsp3) is 0.462. The summed E-state index contributed by atoms with van der Waals surface area (Å²) in [7, 11) is 0. The van der Waals surface area contributed by atoms with Gasteiger partial charge in [-0.05, 0) is 24.5 Å². The molecule has 1 amide bonds. The summed E-state index contributed by atoms with van der Waals surface area (Å²) >= 11 is 0. The SMILES string of the molecule is CC(C)CC(N)C(=O)Nc1ccccc1OC(F)(F)F. The van der Waals surface area contributed by atoms with Crippen molar-refractivity contribution in [2.24, 2.45) is 11.7 Å². The van der Waals surface area contributed by atoms with Crippen molar-refractivity contribution in [1.29, 1.82) is 0 Å². The van der Waals surface area contributed by atoms with Crippen LogP contribution in [-0.4, -0.2) is 18.3 Å². The van der Waals surface area contributed by atoms with Gasteiger partial charge < -0.3 is 15.8 Å². The van der Waals surface area contributed by atoms with E-state index in [4.69, 9.17) is 5.73 Å². The van der Waals surface area contributed by atoms with Gasteiger partial charge in [-0.2, -0.15) is 0 Å². The monoisotopic (exact) mass is 290 g/mol. The first-order valence-corrected chi connectivity index (χ1v) is 6.10. The van der Waals surface area contributed by atoms with E-state index in [-0.39, 0.29) is 11.6 Å². The highest BCUT2D eigenvalue weighted by Crippen LogP contribution is 2.30. The van der Waals surface area contributed by atoms with Crippen LogP contribution in [0.1, 0.15) is 20.3 Å². The molecular weight excluding hydrogens is 273 g/mol. The van der Waals surface area contributed by atoms with Crippen LogP contribution in [0, 0.1) is 5.92 Å². The fourth-order valence-corrected chi connectivity index (χ4v) is 1.62. The zero-order chi connectivity index (χ0) is 15.3. The minimum Gasteiger partial charge on any atom is -0.404 e. The Bertz CT molecular complexity index is 461. The average Bonchev–Trinajstić information content (AvgIpc) is 2.28. The maximum Gasteiger partial charge on any atom is 0.573 e. The van der Waals surface area contributed by atoms with Crippen molar-refractivity contribution in [2.75, 3.05) is 5.32 Å². The first-order chi connectivity index (χ1) is 9.19. The number of nitrogens with two attached hydrogens (primary N) is 1. The van der Waals surface area contributed by atoms with E-state index in [2.05, 4.69) is 10.1 Å². The van der Waals surface area contributed by atoms with Gasteiger partial charge in [-0.15, -0.1) is 13.2 Å². The summed E-state index contributed by atoms with van der Waals surface area (Å²) in [6.45, 7) is 3.79. The second-order valence-corrected chi connectivity index (χ2v) is 4.77. The first kappa shape index (κ1) is 16.3. The molecule has 1 aromatic rings. The van der Waals surface area contributed by atoms with E-state index in [0.717, 1.165) is 6.07 Å². The van der Waals surface area contributed by atoms with Gasteiger partial charge in [-0.3, -0.25) is 4.79 Å². The molecule has 0 aliphatic heterocycles. The number of halogens is 3. The van der Waals surface area contributed by atoms with Crippen LogP contribution < -0.4 is 15.8 Å². The number of hydrogen-bond acceptors (Lipinski definition) is 3. The zero-order valence-corrected chi connectivity index (χ0v) is 11.2. The number of carbonyl (C=O) groups is 1. The molecule has 7 heteroatoms. The predicted molar refractivity (Wildman–Crippen MR) is 69.2 cm³/mol. The maximum absolute atomic E-state index is 12.2. The number of amides is 1. The van der Waals surface area contributed by atoms with Crippen molar-refractivity contribution in [3.05, 3.63) is 24.3 Å². The normalized spacial score (nSPS) is 13.2. The lowest BCUT2D eigenvalue weighted by Crippen LogP contribution is -2.36. The van der Waals surface area contributed by atoms with Crippen LogP contribution >= 0.6 is 0 Å². The third-order valence-electron chi connectivity index (χ3n) is 2.43. The van der Waals surface area contributed by atoms with Crippen LogP contribution in [0.15, 0.2) is 24.3 Å². The molecule has 1 aromatic carbocycles. The smallest absolute Gasteiger partial charge is 0.404 e. The Morgan fingerprint density at radius 1 is 1.35 bits per heavy atom. The van der Waals surface area contributed by atoms with Crippen molar-refractivity contribution >= 4 is 11.6 Å². The topological polar surface area (TPSA) is 64.4 Å². The molecule has 4 nitrogen and oxygen atoms in total. The number of nitrogens with one attached hydrogen (secondary N) is 1. The molecule has 1 atom stereocenters. The summed E-state index contributed by atoms with van der Waals surface area (Å²) < 4.78 is 40.5. The summed E-state index contributed by atoms with van der Waals surface area (Å²) in [5.74, 6) is -0.806. The highest BCUT2D eigenvalue weighted by molar-refractivity contribution is 5.95. The van der Waals surface area contributed by atoms with Crippen LogP contribution in [0.3, 0.4) is 0 Å². The minimum atomic E-state index is -4.82. The molecule has 0 aromatic heterocycles. The molecule has 112 valence electrons. The lowest BCUT2D eigenvalue weighted by Gasteiger charge is -2.17. The Morgan fingerprint density at radius 3 is 2.50 bits per heavy atom. The van der Waals surface area contributed by atoms with Crippen molar-refractivity contribution in [3.63, 3.8) is 0 Å². The van der Waals surface area contributed by atoms with Gasteiger partial charge in [0, 0.05) is 0 Å². The summed E-state index contributed by atoms with van der Waals surface area (Å²) in [6, 6.07) is 4.53. The lowest BCUT2D eigenvalue weighted by atomic mass is 10.0. The molecule has 0 bridgehead atoms. The highest BCUT2D eigenvalue weighted by atomic mass is 19.4. The van der Waals surface area contributed by atoms with Crippen LogP contribution in [-0.2, 0) is 4.79 Å². The van der Waals surface area contributed by atoms with Gasteiger partial charge in [-0.25, -0.2) is 0 Å². The average molecular weight is 290 g/mol. The molecule has 1 rings (SSSR count). The van der Waals surface area contributed by atoms with Crippen molar-refractivity contribution in [3.8, 4) is 5.75 Å². The summed E-state index contributed by atoms with van der Waals surface area (Å²) in [4.78, 5) is 11.8. The number of anilines is 1. The molecule has 0 radical (unpaired) electrons. The summed E-state index contributed by atoms with van der Waals surface area (Å²) in [6.07, 6.45) is -4.38. The number of rotatable bonds is 5. The van der Waals surface area contributed by atoms with E-state index in [9.17, 15) is 18.0 Å². The fourth-order valence-electron chi connectivity index (χ4n) is 1.62. The van der Waals surface area contributed by atoms with E-state index in [1.165, 1.54) is 18.2 Å². The number of para-hydroxylation sites is 2. The van der Waals surface area contributed by atoms with Crippen LogP contribution in [0.25, 0.3) is 0 Å². The quantitative estimate of drug-likeness (QED) is 0.876. The van der Waals surface area contributed by atoms with Crippen molar-refractivity contribution in [1.82, 2.24) is 0 Å². The van der Waals surface area contributed by atoms with Crippen molar-refractivity contribution in [2.45, 2.75) is 32.7 Å². The van der Waals surface area contributed by atoms with Crippen LogP contribution in [0.5, 0.6) is 5.75 Å². The largest absolute Gasteiger partial charge is 0.573 e. The van der Waals surface area contributed by atoms with Gasteiger partial charge in [0.05, 0.1) is 11.7 Å². The van der Waals surface area contributed by atoms with Gasteiger partial charge in [0.15, 0.2) is 5.75 Å². The van der Waals surface area contributed by atoms with E-state index in [1.807, 2.05) is 13.8 Å². The van der Waals surface area contributed by atoms with Gasteiger partial charge in [-0.1, -0.05) is 26.0 Å². The second kappa shape index (κ2) is 6.60. The molecule has 1 unspecified atom stereocenters. The third kappa shape index (κ3) is 5.48. The third-order valence-corrected chi connectivity index (χ3v) is 2.43. The van der Waals surface area contributed by atoms with Gasteiger partial charge in [0.25, 0.3) is 0 Å². The van der Waals surface area contributed by atoms with Gasteiger partial charge in [0.1, 0.15) is 0 Å². The van der Waals surface area contributed by atoms with Crippen molar-refractivity contribution < 1.29 is 22.7 Å². The molecule has 20 heavy (non-hydrogen) atoms. The highest BCUT2D eigenvalue weighted by Gasteiger charge is 2.32. The van der Waals surface area contributed by atoms with Crippen LogP contribution in [0.4, 0.5) is 18.9 Å². The van der Waals surface area contributed by atoms with Gasteiger partial charge in [0.2, 0.25) is 5.91 Å². The molecule has 0 aliphatic carbocycles. The Hall–Kier alpha value is -1.76. The molecular formula is C13H17F3N2O2. The number of benzene rings is 1. The Labute approximate surface area is 115 Å². The Morgan fingerprint density at radius 2 is 1.95 bits per heavy atom. The molecule has 3 N–H and O–H groups in total. The van der Waals surface area contributed by atoms with Crippen LogP contribution in [0.2, 0.25) is 0 Å². The number of carbonyl (C=O) groups excluding carboxylic acids is 1. The number of hydrogen-bond donors (Lipinski definition) is 2. The van der Waals surface area contributed by atoms with E-state index in [1.54, 1.807) is 0 Å². The summed E-state index contributed by atoms with van der Waals surface area (Å²) in [5.41, 5.74) is 5.61. The maximum atomic E-state index is 12.2.